The molecule has 4 nitrogen and oxygen atoms in total. The highest BCUT2D eigenvalue weighted by molar-refractivity contribution is 6.11. The van der Waals surface area contributed by atoms with Gasteiger partial charge < -0.3 is 15.5 Å². The number of nitrogens with two attached hydrogens (primary N) is 1. The molecule has 0 fully saturated rings. The number of carbonyl (C=O) groups excluding carboxylic acids is 1. The van der Waals surface area contributed by atoms with Crippen molar-refractivity contribution in [2.45, 2.75) is 0 Å². The number of benzene rings is 2. The van der Waals surface area contributed by atoms with Gasteiger partial charge in [-0.15, -0.1) is 0 Å². The molecule has 0 spiro atoms. The van der Waals surface area contributed by atoms with Gasteiger partial charge in [0.1, 0.15) is 17.2 Å². The van der Waals surface area contributed by atoms with E-state index in [1.54, 1.807) is 37.4 Å². The van der Waals surface area contributed by atoms with E-state index in [2.05, 4.69) is 5.32 Å². The highest BCUT2D eigenvalue weighted by atomic mass is 19.1. The topological polar surface area (TPSA) is 68.3 Å². The fourth-order valence-corrected chi connectivity index (χ4v) is 2.27. The predicted molar refractivity (Wildman–Crippen MR) is 79.4 cm³/mol. The molecule has 106 valence electrons. The van der Waals surface area contributed by atoms with Crippen LogP contribution in [0.15, 0.2) is 46.9 Å². The Balaban J connectivity index is 2.30. The molecule has 3 N–H and O–H groups in total. The third kappa shape index (κ3) is 2.23. The molecular weight excluding hydrogens is 271 g/mol. The zero-order valence-corrected chi connectivity index (χ0v) is 11.3. The van der Waals surface area contributed by atoms with Gasteiger partial charge in [-0.05, 0) is 36.4 Å². The van der Waals surface area contributed by atoms with Crippen molar-refractivity contribution in [3.8, 4) is 11.3 Å². The quantitative estimate of drug-likeness (QED) is 0.710. The first-order valence-corrected chi connectivity index (χ1v) is 6.40. The van der Waals surface area contributed by atoms with Crippen LogP contribution in [-0.4, -0.2) is 13.0 Å². The smallest absolute Gasteiger partial charge is 0.255 e. The van der Waals surface area contributed by atoms with Crippen LogP contribution < -0.4 is 11.1 Å². The number of halogens is 1. The SMILES string of the molecule is CNC(=O)c1c(-c2ccc(F)cc2)oc2cc(N)ccc12. The Hall–Kier alpha value is -2.82. The highest BCUT2D eigenvalue weighted by Gasteiger charge is 2.21. The Morgan fingerprint density at radius 3 is 2.57 bits per heavy atom. The molecule has 21 heavy (non-hydrogen) atoms. The van der Waals surface area contributed by atoms with Crippen LogP contribution in [0.2, 0.25) is 0 Å². The normalized spacial score (nSPS) is 10.8. The molecule has 3 aromatic rings. The third-order valence-corrected chi connectivity index (χ3v) is 3.27. The third-order valence-electron chi connectivity index (χ3n) is 3.27. The molecule has 0 atom stereocenters. The number of hydrogen-bond acceptors (Lipinski definition) is 3. The summed E-state index contributed by atoms with van der Waals surface area (Å²) in [4.78, 5) is 12.2. The van der Waals surface area contributed by atoms with Gasteiger partial charge in [0, 0.05) is 29.8 Å². The second kappa shape index (κ2) is 4.94. The summed E-state index contributed by atoms with van der Waals surface area (Å²) in [5, 5.41) is 3.26. The van der Waals surface area contributed by atoms with Crippen molar-refractivity contribution in [2.75, 3.05) is 12.8 Å². The van der Waals surface area contributed by atoms with Crippen molar-refractivity contribution >= 4 is 22.6 Å². The fourth-order valence-electron chi connectivity index (χ4n) is 2.27. The molecule has 0 saturated heterocycles. The molecule has 0 unspecified atom stereocenters. The number of fused-ring (bicyclic) bond motifs is 1. The van der Waals surface area contributed by atoms with E-state index in [-0.39, 0.29) is 11.7 Å². The van der Waals surface area contributed by atoms with Crippen molar-refractivity contribution in [1.29, 1.82) is 0 Å². The van der Waals surface area contributed by atoms with E-state index < -0.39 is 0 Å². The largest absolute Gasteiger partial charge is 0.455 e. The number of rotatable bonds is 2. The Labute approximate surface area is 120 Å². The maximum atomic E-state index is 13.1. The van der Waals surface area contributed by atoms with Crippen LogP contribution in [0.4, 0.5) is 10.1 Å². The fraction of sp³-hybridized carbons (Fsp3) is 0.0625. The predicted octanol–water partition coefficient (Wildman–Crippen LogP) is 3.18. The average molecular weight is 284 g/mol. The number of carbonyl (C=O) groups is 1. The molecule has 0 aliphatic rings. The summed E-state index contributed by atoms with van der Waals surface area (Å²) >= 11 is 0. The maximum Gasteiger partial charge on any atom is 0.255 e. The summed E-state index contributed by atoms with van der Waals surface area (Å²) in [7, 11) is 1.55. The van der Waals surface area contributed by atoms with E-state index in [0.717, 1.165) is 0 Å². The lowest BCUT2D eigenvalue weighted by atomic mass is 10.0. The van der Waals surface area contributed by atoms with E-state index >= 15 is 0 Å². The number of amides is 1. The van der Waals surface area contributed by atoms with Crippen LogP contribution >= 0.6 is 0 Å². The molecule has 0 aliphatic carbocycles. The van der Waals surface area contributed by atoms with Gasteiger partial charge >= 0.3 is 0 Å². The molecule has 3 rings (SSSR count). The second-order valence-electron chi connectivity index (χ2n) is 4.65. The molecule has 0 radical (unpaired) electrons. The lowest BCUT2D eigenvalue weighted by Crippen LogP contribution is -2.18. The second-order valence-corrected chi connectivity index (χ2v) is 4.65. The number of furan rings is 1. The summed E-state index contributed by atoms with van der Waals surface area (Å²) in [6.07, 6.45) is 0. The van der Waals surface area contributed by atoms with Gasteiger partial charge in [-0.3, -0.25) is 4.79 Å². The lowest BCUT2D eigenvalue weighted by Gasteiger charge is -2.02. The van der Waals surface area contributed by atoms with E-state index in [1.165, 1.54) is 12.1 Å². The van der Waals surface area contributed by atoms with E-state index in [1.807, 2.05) is 0 Å². The van der Waals surface area contributed by atoms with Crippen LogP contribution in [-0.2, 0) is 0 Å². The van der Waals surface area contributed by atoms with Crippen LogP contribution in [0.3, 0.4) is 0 Å². The van der Waals surface area contributed by atoms with Gasteiger partial charge in [0.2, 0.25) is 0 Å². The standard InChI is InChI=1S/C16H13FN2O2/c1-19-16(20)14-12-7-6-11(18)8-13(12)21-15(14)9-2-4-10(17)5-3-9/h2-8H,18H2,1H3,(H,19,20). The minimum Gasteiger partial charge on any atom is -0.455 e. The molecule has 0 saturated carbocycles. The monoisotopic (exact) mass is 284 g/mol. The van der Waals surface area contributed by atoms with Gasteiger partial charge in [0.05, 0.1) is 5.56 Å². The lowest BCUT2D eigenvalue weighted by molar-refractivity contribution is 0.0964. The minimum atomic E-state index is -0.347. The van der Waals surface area contributed by atoms with Gasteiger partial charge in [0.25, 0.3) is 5.91 Å². The van der Waals surface area contributed by atoms with Crippen LogP contribution in [0, 0.1) is 5.82 Å². The minimum absolute atomic E-state index is 0.266. The first-order valence-electron chi connectivity index (χ1n) is 6.40. The first-order chi connectivity index (χ1) is 10.1. The van der Waals surface area contributed by atoms with Crippen LogP contribution in [0.25, 0.3) is 22.3 Å². The number of hydrogen-bond donors (Lipinski definition) is 2. The van der Waals surface area contributed by atoms with Crippen molar-refractivity contribution < 1.29 is 13.6 Å². The number of anilines is 1. The van der Waals surface area contributed by atoms with Crippen LogP contribution in [0.1, 0.15) is 10.4 Å². The Bertz CT molecular complexity index is 822. The molecule has 5 heteroatoms. The van der Waals surface area contributed by atoms with Crippen molar-refractivity contribution in [2.24, 2.45) is 0 Å². The van der Waals surface area contributed by atoms with E-state index in [9.17, 15) is 9.18 Å². The molecule has 1 amide bonds. The number of nitrogens with one attached hydrogen (secondary N) is 1. The zero-order valence-electron chi connectivity index (χ0n) is 11.3. The summed E-state index contributed by atoms with van der Waals surface area (Å²) in [5.41, 5.74) is 7.85. The van der Waals surface area contributed by atoms with E-state index in [4.69, 9.17) is 10.2 Å². The van der Waals surface area contributed by atoms with Crippen molar-refractivity contribution in [3.05, 3.63) is 53.8 Å². The van der Waals surface area contributed by atoms with Crippen molar-refractivity contribution in [1.82, 2.24) is 5.32 Å². The Kier molecular flexibility index (Phi) is 3.10. The maximum absolute atomic E-state index is 13.1. The van der Waals surface area contributed by atoms with E-state index in [0.29, 0.717) is 33.5 Å². The van der Waals surface area contributed by atoms with Crippen LogP contribution in [0.5, 0.6) is 0 Å². The van der Waals surface area contributed by atoms with Gasteiger partial charge in [-0.2, -0.15) is 0 Å². The summed E-state index contributed by atoms with van der Waals surface area (Å²) in [5.74, 6) is -0.214. The molecule has 2 aromatic carbocycles. The Morgan fingerprint density at radius 2 is 1.90 bits per heavy atom. The zero-order chi connectivity index (χ0) is 15.0. The highest BCUT2D eigenvalue weighted by Crippen LogP contribution is 2.34. The summed E-state index contributed by atoms with van der Waals surface area (Å²) in [6, 6.07) is 10.9. The van der Waals surface area contributed by atoms with Gasteiger partial charge in [0.15, 0.2) is 0 Å². The molecular formula is C16H13FN2O2. The summed E-state index contributed by atoms with van der Waals surface area (Å²) in [6.45, 7) is 0. The molecule has 1 heterocycles. The average Bonchev–Trinajstić information content (AvgIpc) is 2.85. The molecule has 0 aliphatic heterocycles. The Morgan fingerprint density at radius 1 is 1.19 bits per heavy atom. The first kappa shape index (κ1) is 13.2. The van der Waals surface area contributed by atoms with Gasteiger partial charge in [-0.25, -0.2) is 4.39 Å². The molecule has 0 bridgehead atoms. The van der Waals surface area contributed by atoms with Crippen molar-refractivity contribution in [3.63, 3.8) is 0 Å². The summed E-state index contributed by atoms with van der Waals surface area (Å²) < 4.78 is 18.8. The molecule has 1 aromatic heterocycles. The van der Waals surface area contributed by atoms with Gasteiger partial charge in [-0.1, -0.05) is 0 Å². The number of nitrogen functional groups attached to an aromatic ring is 1.